The average Bonchev–Trinajstić information content (AvgIpc) is 2.84. The monoisotopic (exact) mass is 285 g/mol. The zero-order valence-corrected chi connectivity index (χ0v) is 11.7. The second kappa shape index (κ2) is 6.09. The van der Waals surface area contributed by atoms with Crippen molar-refractivity contribution in [2.45, 2.75) is 13.8 Å². The fraction of sp³-hybridized carbons (Fsp3) is 0.125. The first kappa shape index (κ1) is 14.6. The van der Waals surface area contributed by atoms with E-state index in [-0.39, 0.29) is 11.7 Å². The molecular weight excluding hydrogens is 270 g/mol. The normalized spacial score (nSPS) is 10.8. The van der Waals surface area contributed by atoms with Gasteiger partial charge in [0.15, 0.2) is 5.76 Å². The highest BCUT2D eigenvalue weighted by atomic mass is 16.4. The van der Waals surface area contributed by atoms with Crippen LogP contribution in [0.25, 0.3) is 6.08 Å². The molecule has 0 saturated heterocycles. The molecule has 2 aromatic rings. The third-order valence-corrected chi connectivity index (χ3v) is 2.90. The molecule has 1 amide bonds. The van der Waals surface area contributed by atoms with Crippen LogP contribution in [0.1, 0.15) is 27.4 Å². The summed E-state index contributed by atoms with van der Waals surface area (Å²) < 4.78 is 5.25. The number of furan rings is 1. The first-order valence-corrected chi connectivity index (χ1v) is 6.35. The molecule has 0 unspecified atom stereocenters. The van der Waals surface area contributed by atoms with E-state index in [1.165, 1.54) is 6.08 Å². The van der Waals surface area contributed by atoms with Crippen LogP contribution < -0.4 is 5.32 Å². The van der Waals surface area contributed by atoms with Gasteiger partial charge in [0, 0.05) is 11.8 Å². The molecule has 1 aromatic heterocycles. The molecule has 2 N–H and O–H groups in total. The minimum atomic E-state index is -1.00. The van der Waals surface area contributed by atoms with Crippen LogP contribution in [-0.4, -0.2) is 17.0 Å². The molecule has 0 bridgehead atoms. The first-order valence-electron chi connectivity index (χ1n) is 6.35. The number of anilines is 1. The first-order chi connectivity index (χ1) is 9.95. The van der Waals surface area contributed by atoms with Crippen molar-refractivity contribution < 1.29 is 19.1 Å². The van der Waals surface area contributed by atoms with E-state index >= 15 is 0 Å². The molecule has 0 atom stereocenters. The minimum Gasteiger partial charge on any atom is -0.478 e. The van der Waals surface area contributed by atoms with Gasteiger partial charge in [-0.2, -0.15) is 0 Å². The molecule has 5 heteroatoms. The van der Waals surface area contributed by atoms with E-state index in [0.717, 1.165) is 17.2 Å². The predicted octanol–water partition coefficient (Wildman–Crippen LogP) is 3.25. The molecule has 0 aliphatic heterocycles. The quantitative estimate of drug-likeness (QED) is 0.845. The lowest BCUT2D eigenvalue weighted by atomic mass is 10.1. The fourth-order valence-electron chi connectivity index (χ4n) is 1.85. The van der Waals surface area contributed by atoms with E-state index in [1.807, 2.05) is 6.92 Å². The molecule has 108 valence electrons. The van der Waals surface area contributed by atoms with Crippen LogP contribution in [0.3, 0.4) is 0 Å². The third kappa shape index (κ3) is 3.82. The van der Waals surface area contributed by atoms with Gasteiger partial charge in [0.25, 0.3) is 5.91 Å². The van der Waals surface area contributed by atoms with Gasteiger partial charge in [-0.25, -0.2) is 4.79 Å². The van der Waals surface area contributed by atoms with Gasteiger partial charge in [-0.3, -0.25) is 4.79 Å². The van der Waals surface area contributed by atoms with Crippen LogP contribution in [0.5, 0.6) is 0 Å². The summed E-state index contributed by atoms with van der Waals surface area (Å²) >= 11 is 0. The van der Waals surface area contributed by atoms with E-state index < -0.39 is 5.97 Å². The number of hydrogen-bond donors (Lipinski definition) is 2. The smallest absolute Gasteiger partial charge is 0.328 e. The number of carbonyl (C=O) groups excluding carboxylic acids is 1. The largest absolute Gasteiger partial charge is 0.478 e. The molecule has 21 heavy (non-hydrogen) atoms. The van der Waals surface area contributed by atoms with Gasteiger partial charge >= 0.3 is 5.97 Å². The predicted molar refractivity (Wildman–Crippen MR) is 79.2 cm³/mol. The number of nitrogens with one attached hydrogen (secondary N) is 1. The Morgan fingerprint density at radius 2 is 1.95 bits per heavy atom. The molecular formula is C16H15NO4. The van der Waals surface area contributed by atoms with Gasteiger partial charge in [0.2, 0.25) is 0 Å². The number of aryl methyl sites for hydroxylation is 2. The van der Waals surface area contributed by atoms with Crippen molar-refractivity contribution in [3.05, 3.63) is 59.1 Å². The Morgan fingerprint density at radius 3 is 2.52 bits per heavy atom. The van der Waals surface area contributed by atoms with Crippen molar-refractivity contribution >= 4 is 23.6 Å². The number of carbonyl (C=O) groups is 2. The van der Waals surface area contributed by atoms with Gasteiger partial charge in [-0.1, -0.05) is 6.07 Å². The van der Waals surface area contributed by atoms with Crippen molar-refractivity contribution in [1.82, 2.24) is 0 Å². The van der Waals surface area contributed by atoms with Gasteiger partial charge in [-0.15, -0.1) is 0 Å². The average molecular weight is 285 g/mol. The summed E-state index contributed by atoms with van der Waals surface area (Å²) in [6.45, 7) is 3.61. The van der Waals surface area contributed by atoms with Crippen molar-refractivity contribution in [3.8, 4) is 0 Å². The van der Waals surface area contributed by atoms with E-state index in [4.69, 9.17) is 9.52 Å². The molecule has 2 rings (SSSR count). The van der Waals surface area contributed by atoms with Gasteiger partial charge in [0.1, 0.15) is 5.76 Å². The molecule has 1 aromatic carbocycles. The summed E-state index contributed by atoms with van der Waals surface area (Å²) in [4.78, 5) is 22.4. The maximum Gasteiger partial charge on any atom is 0.328 e. The lowest BCUT2D eigenvalue weighted by molar-refractivity contribution is -0.131. The second-order valence-electron chi connectivity index (χ2n) is 4.61. The lowest BCUT2D eigenvalue weighted by Gasteiger charge is -2.06. The Balaban J connectivity index is 2.13. The molecule has 0 saturated carbocycles. The van der Waals surface area contributed by atoms with Crippen LogP contribution in [-0.2, 0) is 4.79 Å². The molecule has 1 heterocycles. The highest BCUT2D eigenvalue weighted by molar-refractivity contribution is 6.02. The van der Waals surface area contributed by atoms with Crippen molar-refractivity contribution in [2.24, 2.45) is 0 Å². The van der Waals surface area contributed by atoms with E-state index in [2.05, 4.69) is 5.32 Å². The van der Waals surface area contributed by atoms with Crippen LogP contribution in [0.2, 0.25) is 0 Å². The fourth-order valence-corrected chi connectivity index (χ4v) is 1.85. The van der Waals surface area contributed by atoms with Crippen molar-refractivity contribution in [1.29, 1.82) is 0 Å². The number of rotatable bonds is 4. The van der Waals surface area contributed by atoms with Crippen LogP contribution >= 0.6 is 0 Å². The molecule has 0 spiro atoms. The lowest BCUT2D eigenvalue weighted by Crippen LogP contribution is -2.11. The summed E-state index contributed by atoms with van der Waals surface area (Å²) in [6, 6.07) is 8.57. The Labute approximate surface area is 121 Å². The Morgan fingerprint density at radius 1 is 1.19 bits per heavy atom. The Kier molecular flexibility index (Phi) is 4.23. The SMILES string of the molecule is Cc1ccc(C(=O)Nc2ccc(C=CC(=O)O)c(C)c2)o1. The number of benzene rings is 1. The summed E-state index contributed by atoms with van der Waals surface area (Å²) in [5, 5.41) is 11.3. The number of carboxylic acid groups (broad SMARTS) is 1. The summed E-state index contributed by atoms with van der Waals surface area (Å²) in [5.74, 6) is -0.401. The van der Waals surface area contributed by atoms with E-state index in [1.54, 1.807) is 37.3 Å². The maximum absolute atomic E-state index is 11.9. The van der Waals surface area contributed by atoms with Gasteiger partial charge < -0.3 is 14.8 Å². The molecule has 0 aliphatic carbocycles. The zero-order chi connectivity index (χ0) is 15.4. The highest BCUT2D eigenvalue weighted by Crippen LogP contribution is 2.18. The zero-order valence-electron chi connectivity index (χ0n) is 11.7. The molecule has 0 aliphatic rings. The van der Waals surface area contributed by atoms with E-state index in [9.17, 15) is 9.59 Å². The number of amides is 1. The highest BCUT2D eigenvalue weighted by Gasteiger charge is 2.10. The topological polar surface area (TPSA) is 79.5 Å². The van der Waals surface area contributed by atoms with Gasteiger partial charge in [0.05, 0.1) is 0 Å². The molecule has 0 radical (unpaired) electrons. The maximum atomic E-state index is 11.9. The molecule has 5 nitrogen and oxygen atoms in total. The summed E-state index contributed by atoms with van der Waals surface area (Å²) in [5.41, 5.74) is 2.27. The van der Waals surface area contributed by atoms with Crippen molar-refractivity contribution in [2.75, 3.05) is 5.32 Å². The second-order valence-corrected chi connectivity index (χ2v) is 4.61. The van der Waals surface area contributed by atoms with Crippen LogP contribution in [0.4, 0.5) is 5.69 Å². The minimum absolute atomic E-state index is 0.250. The van der Waals surface area contributed by atoms with E-state index in [0.29, 0.717) is 11.4 Å². The summed E-state index contributed by atoms with van der Waals surface area (Å²) in [6.07, 6.45) is 2.59. The molecule has 0 fully saturated rings. The Hall–Kier alpha value is -2.82. The number of carboxylic acids is 1. The van der Waals surface area contributed by atoms with Crippen LogP contribution in [0.15, 0.2) is 40.8 Å². The Bertz CT molecular complexity index is 713. The number of hydrogen-bond acceptors (Lipinski definition) is 3. The standard InChI is InChI=1S/C16H15NO4/c1-10-9-13(6-4-12(10)5-8-15(18)19)17-16(20)14-7-3-11(2)21-14/h3-9H,1-2H3,(H,17,20)(H,18,19). The van der Waals surface area contributed by atoms with Gasteiger partial charge in [-0.05, 0) is 55.3 Å². The third-order valence-electron chi connectivity index (χ3n) is 2.90. The van der Waals surface area contributed by atoms with Crippen LogP contribution in [0, 0.1) is 13.8 Å². The van der Waals surface area contributed by atoms with Crippen molar-refractivity contribution in [3.63, 3.8) is 0 Å². The number of aliphatic carboxylic acids is 1. The summed E-state index contributed by atoms with van der Waals surface area (Å²) in [7, 11) is 0.